The van der Waals surface area contributed by atoms with Gasteiger partial charge in [0.1, 0.15) is 0 Å². The molecule has 0 heterocycles. The highest BCUT2D eigenvalue weighted by Crippen LogP contribution is 2.69. The first kappa shape index (κ1) is 35.6. The Labute approximate surface area is 347 Å². The Bertz CT molecular complexity index is 3240. The minimum Gasteiger partial charge on any atom is -0.0622 e. The van der Waals surface area contributed by atoms with Crippen LogP contribution in [0.25, 0.3) is 98.4 Å². The number of fused-ring (bicyclic) bond motifs is 12. The van der Waals surface area contributed by atoms with Crippen molar-refractivity contribution in [2.24, 2.45) is 10.8 Å². The summed E-state index contributed by atoms with van der Waals surface area (Å²) in [4.78, 5) is 0. The fourth-order valence-electron chi connectivity index (χ4n) is 11.9. The van der Waals surface area contributed by atoms with E-state index in [9.17, 15) is 0 Å². The van der Waals surface area contributed by atoms with E-state index < -0.39 is 0 Å². The van der Waals surface area contributed by atoms with Gasteiger partial charge in [0.25, 0.3) is 0 Å². The van der Waals surface area contributed by atoms with Gasteiger partial charge in [-0.05, 0) is 126 Å². The van der Waals surface area contributed by atoms with Crippen LogP contribution in [0.3, 0.4) is 0 Å². The Morgan fingerprint density at radius 2 is 0.644 bits per heavy atom. The van der Waals surface area contributed by atoms with Gasteiger partial charge in [0.05, 0.1) is 0 Å². The van der Waals surface area contributed by atoms with Gasteiger partial charge in [-0.1, -0.05) is 217 Å². The first-order valence-electron chi connectivity index (χ1n) is 21.2. The standard InChI is InChI=1S/C59H48/c1-57(2,3)59(58(4,5)6)51-36-50(42-24-11-13-25-43(42)54(51)55-44-26-14-10-22-40(44)41-23-12-19-31-49(41)56(55)59)53-47-29-17-15-27-45(47)52(46-28-16-18-30-48(46)53)39-34-32-38(33-35-39)37-20-8-7-9-21-37/h7-36H,1-6H3. The summed E-state index contributed by atoms with van der Waals surface area (Å²) in [6.45, 7) is 14.9. The molecule has 284 valence electrons. The molecule has 0 bridgehead atoms. The number of rotatable bonds is 3. The third-order valence-electron chi connectivity index (χ3n) is 13.7. The van der Waals surface area contributed by atoms with Gasteiger partial charge < -0.3 is 0 Å². The molecule has 0 spiro atoms. The summed E-state index contributed by atoms with van der Waals surface area (Å²) >= 11 is 0. The molecule has 0 unspecified atom stereocenters. The van der Waals surface area contributed by atoms with Crippen LogP contribution < -0.4 is 0 Å². The van der Waals surface area contributed by atoms with E-state index in [1.807, 2.05) is 0 Å². The molecule has 0 N–H and O–H groups in total. The second-order valence-electron chi connectivity index (χ2n) is 18.8. The molecule has 0 aromatic heterocycles. The van der Waals surface area contributed by atoms with E-state index in [1.165, 1.54) is 109 Å². The molecule has 10 aromatic rings. The van der Waals surface area contributed by atoms with Crippen LogP contribution in [0.2, 0.25) is 0 Å². The lowest BCUT2D eigenvalue weighted by atomic mass is 9.49. The highest BCUT2D eigenvalue weighted by atomic mass is 14.6. The van der Waals surface area contributed by atoms with Crippen LogP contribution in [0.15, 0.2) is 182 Å². The van der Waals surface area contributed by atoms with Gasteiger partial charge in [0.15, 0.2) is 0 Å². The Balaban J connectivity index is 1.29. The Morgan fingerprint density at radius 3 is 1.15 bits per heavy atom. The lowest BCUT2D eigenvalue weighted by Gasteiger charge is -2.53. The van der Waals surface area contributed by atoms with Crippen molar-refractivity contribution in [3.05, 3.63) is 193 Å². The van der Waals surface area contributed by atoms with Crippen molar-refractivity contribution in [1.29, 1.82) is 0 Å². The molecule has 0 heteroatoms. The third kappa shape index (κ3) is 4.90. The van der Waals surface area contributed by atoms with Crippen molar-refractivity contribution in [3.63, 3.8) is 0 Å². The summed E-state index contributed by atoms with van der Waals surface area (Å²) in [5.41, 5.74) is 12.7. The number of hydrogen-bond acceptors (Lipinski definition) is 0. The molecule has 1 aliphatic carbocycles. The maximum atomic E-state index is 2.65. The summed E-state index contributed by atoms with van der Waals surface area (Å²) in [5.74, 6) is 0. The Kier molecular flexibility index (Phi) is 7.70. The van der Waals surface area contributed by atoms with E-state index >= 15 is 0 Å². The minimum absolute atomic E-state index is 0.143. The van der Waals surface area contributed by atoms with Crippen molar-refractivity contribution >= 4 is 53.9 Å². The van der Waals surface area contributed by atoms with Gasteiger partial charge in [-0.15, -0.1) is 0 Å². The van der Waals surface area contributed by atoms with Crippen LogP contribution in [-0.4, -0.2) is 0 Å². The van der Waals surface area contributed by atoms with Crippen LogP contribution in [-0.2, 0) is 5.41 Å². The molecule has 0 atom stereocenters. The molecule has 0 fully saturated rings. The lowest BCUT2D eigenvalue weighted by Crippen LogP contribution is -2.50. The highest BCUT2D eigenvalue weighted by Gasteiger charge is 2.59. The SMILES string of the molecule is CC(C)(C)C1(C(C)(C)C)c2cc(-c3c4ccccc4c(-c4ccc(-c5ccccc5)cc4)c4ccccc34)c3ccccc3c2-c2c1c1ccccc1c1ccccc21. The van der Waals surface area contributed by atoms with E-state index in [4.69, 9.17) is 0 Å². The van der Waals surface area contributed by atoms with Crippen LogP contribution in [0, 0.1) is 10.8 Å². The van der Waals surface area contributed by atoms with Crippen LogP contribution in [0.4, 0.5) is 0 Å². The monoisotopic (exact) mass is 756 g/mol. The maximum Gasteiger partial charge on any atom is 0.0318 e. The van der Waals surface area contributed by atoms with Crippen molar-refractivity contribution in [2.45, 2.75) is 47.0 Å². The summed E-state index contributed by atoms with van der Waals surface area (Å²) < 4.78 is 0. The average Bonchev–Trinajstić information content (AvgIpc) is 3.60. The van der Waals surface area contributed by atoms with Crippen molar-refractivity contribution < 1.29 is 0 Å². The molecule has 0 radical (unpaired) electrons. The summed E-state index contributed by atoms with van der Waals surface area (Å²) in [5, 5.41) is 13.1. The molecular formula is C59H48. The summed E-state index contributed by atoms with van der Waals surface area (Å²) in [6, 6.07) is 68.4. The van der Waals surface area contributed by atoms with Crippen molar-refractivity contribution in [2.75, 3.05) is 0 Å². The number of benzene rings is 10. The predicted octanol–water partition coefficient (Wildman–Crippen LogP) is 16.8. The predicted molar refractivity (Wildman–Crippen MR) is 255 cm³/mol. The molecule has 59 heavy (non-hydrogen) atoms. The van der Waals surface area contributed by atoms with E-state index in [0.29, 0.717) is 0 Å². The molecule has 0 amide bonds. The molecule has 10 aromatic carbocycles. The molecule has 0 aliphatic heterocycles. The lowest BCUT2D eigenvalue weighted by molar-refractivity contribution is 0.0965. The van der Waals surface area contributed by atoms with Crippen LogP contribution in [0.1, 0.15) is 52.7 Å². The normalized spacial score (nSPS) is 13.7. The summed E-state index contributed by atoms with van der Waals surface area (Å²) in [7, 11) is 0. The van der Waals surface area contributed by atoms with Gasteiger partial charge in [-0.2, -0.15) is 0 Å². The van der Waals surface area contributed by atoms with Crippen molar-refractivity contribution in [3.8, 4) is 44.5 Å². The van der Waals surface area contributed by atoms with E-state index in [0.717, 1.165) is 0 Å². The van der Waals surface area contributed by atoms with E-state index in [1.54, 1.807) is 0 Å². The van der Waals surface area contributed by atoms with Crippen LogP contribution in [0.5, 0.6) is 0 Å². The quantitative estimate of drug-likeness (QED) is 0.124. The fourth-order valence-corrected chi connectivity index (χ4v) is 11.9. The smallest absolute Gasteiger partial charge is 0.0318 e. The Morgan fingerprint density at radius 1 is 0.288 bits per heavy atom. The average molecular weight is 757 g/mol. The zero-order valence-electron chi connectivity index (χ0n) is 34.8. The minimum atomic E-state index is -0.334. The van der Waals surface area contributed by atoms with Gasteiger partial charge in [-0.25, -0.2) is 0 Å². The molecule has 11 rings (SSSR count). The van der Waals surface area contributed by atoms with E-state index in [2.05, 4.69) is 224 Å². The highest BCUT2D eigenvalue weighted by molar-refractivity contribution is 6.27. The zero-order chi connectivity index (χ0) is 40.3. The molecule has 0 saturated heterocycles. The maximum absolute atomic E-state index is 2.65. The fraction of sp³-hybridized carbons (Fsp3) is 0.153. The molecular weight excluding hydrogens is 709 g/mol. The first-order chi connectivity index (χ1) is 28.6. The van der Waals surface area contributed by atoms with Gasteiger partial charge in [0, 0.05) is 5.41 Å². The zero-order valence-corrected chi connectivity index (χ0v) is 34.8. The molecule has 0 nitrogen and oxygen atoms in total. The first-order valence-corrected chi connectivity index (χ1v) is 21.2. The van der Waals surface area contributed by atoms with Gasteiger partial charge in [-0.3, -0.25) is 0 Å². The second kappa shape index (κ2) is 12.7. The van der Waals surface area contributed by atoms with Crippen molar-refractivity contribution in [1.82, 2.24) is 0 Å². The molecule has 0 saturated carbocycles. The topological polar surface area (TPSA) is 0 Å². The van der Waals surface area contributed by atoms with Crippen LogP contribution >= 0.6 is 0 Å². The largest absolute Gasteiger partial charge is 0.0622 e. The Hall–Kier alpha value is -6.50. The van der Waals surface area contributed by atoms with Gasteiger partial charge >= 0.3 is 0 Å². The summed E-state index contributed by atoms with van der Waals surface area (Å²) in [6.07, 6.45) is 0. The number of hydrogen-bond donors (Lipinski definition) is 0. The second-order valence-corrected chi connectivity index (χ2v) is 18.8. The third-order valence-corrected chi connectivity index (χ3v) is 13.7. The van der Waals surface area contributed by atoms with E-state index in [-0.39, 0.29) is 16.2 Å². The molecule has 1 aliphatic rings. The van der Waals surface area contributed by atoms with Gasteiger partial charge in [0.2, 0.25) is 0 Å².